The normalized spacial score (nSPS) is 18.6. The van der Waals surface area contributed by atoms with Gasteiger partial charge in [0.15, 0.2) is 9.84 Å². The van der Waals surface area contributed by atoms with Crippen LogP contribution in [-0.4, -0.2) is 66.7 Å². The zero-order valence-electron chi connectivity index (χ0n) is 24.8. The van der Waals surface area contributed by atoms with E-state index >= 15 is 0 Å². The molecule has 0 aliphatic carbocycles. The summed E-state index contributed by atoms with van der Waals surface area (Å²) in [6.07, 6.45) is 3.41. The van der Waals surface area contributed by atoms with E-state index < -0.39 is 27.7 Å². The Morgan fingerprint density at radius 2 is 1.70 bits per heavy atom. The number of hydrogen-bond donors (Lipinski definition) is 0. The Kier molecular flexibility index (Phi) is 8.25. The number of halogens is 1. The summed E-state index contributed by atoms with van der Waals surface area (Å²) in [4.78, 5) is 29.1. The number of para-hydroxylation sites is 1. The second kappa shape index (κ2) is 12.3. The second-order valence-corrected chi connectivity index (χ2v) is 13.4. The highest BCUT2D eigenvalue weighted by Gasteiger charge is 2.45. The van der Waals surface area contributed by atoms with Crippen molar-refractivity contribution < 1.29 is 27.5 Å². The van der Waals surface area contributed by atoms with Crippen molar-refractivity contribution in [2.45, 2.75) is 12.5 Å². The first kappa shape index (κ1) is 30.8. The number of imide groups is 1. The van der Waals surface area contributed by atoms with Crippen molar-refractivity contribution >= 4 is 44.9 Å². The van der Waals surface area contributed by atoms with Gasteiger partial charge >= 0.3 is 0 Å². The minimum absolute atomic E-state index is 0.0408. The summed E-state index contributed by atoms with van der Waals surface area (Å²) in [6.45, 7) is 0. The van der Waals surface area contributed by atoms with E-state index in [1.165, 1.54) is 14.2 Å². The molecule has 3 heterocycles. The summed E-state index contributed by atoms with van der Waals surface area (Å²) < 4.78 is 37.1. The quantitative estimate of drug-likeness (QED) is 0.198. The number of rotatable bonds is 7. The summed E-state index contributed by atoms with van der Waals surface area (Å²) >= 11 is 6.49. The molecule has 232 valence electrons. The number of nitriles is 1. The monoisotopic (exact) mass is 654 g/mol. The molecule has 0 bridgehead atoms. The molecule has 0 spiro atoms. The maximum Gasteiger partial charge on any atom is 0.272 e. The van der Waals surface area contributed by atoms with Crippen molar-refractivity contribution in [3.05, 3.63) is 106 Å². The number of carbonyl (C=O) groups excluding carboxylic acids is 2. The SMILES string of the molecule is COc1ccc(C2=C(C#N)C(=O)N(C3CCS(=O)(=O)C3)C(=O)/C2=C\c2cn(-c3ccccc3)nc2-c2ccc(OC)c(Cl)c2)cc1. The van der Waals surface area contributed by atoms with Crippen LogP contribution < -0.4 is 9.47 Å². The van der Waals surface area contributed by atoms with Gasteiger partial charge in [-0.1, -0.05) is 41.9 Å². The molecule has 10 nitrogen and oxygen atoms in total. The topological polar surface area (TPSA) is 132 Å². The molecule has 6 rings (SSSR count). The Morgan fingerprint density at radius 3 is 2.30 bits per heavy atom. The van der Waals surface area contributed by atoms with Crippen LogP contribution in [0.25, 0.3) is 28.6 Å². The van der Waals surface area contributed by atoms with Crippen molar-refractivity contribution in [3.63, 3.8) is 0 Å². The molecule has 3 aromatic carbocycles. The van der Waals surface area contributed by atoms with Gasteiger partial charge in [0.1, 0.15) is 28.8 Å². The molecular weight excluding hydrogens is 628 g/mol. The largest absolute Gasteiger partial charge is 0.497 e. The third-order valence-electron chi connectivity index (χ3n) is 7.95. The highest BCUT2D eigenvalue weighted by molar-refractivity contribution is 7.91. The Bertz CT molecular complexity index is 2080. The molecule has 2 aliphatic rings. The van der Waals surface area contributed by atoms with Gasteiger partial charge in [0.25, 0.3) is 11.8 Å². The molecule has 0 saturated carbocycles. The minimum Gasteiger partial charge on any atom is -0.497 e. The van der Waals surface area contributed by atoms with Gasteiger partial charge < -0.3 is 9.47 Å². The summed E-state index contributed by atoms with van der Waals surface area (Å²) in [5, 5.41) is 15.5. The fourth-order valence-corrected chi connectivity index (χ4v) is 7.65. The molecule has 4 aromatic rings. The van der Waals surface area contributed by atoms with Crippen molar-refractivity contribution in [2.75, 3.05) is 25.7 Å². The summed E-state index contributed by atoms with van der Waals surface area (Å²) in [5.74, 6) is -1.04. The van der Waals surface area contributed by atoms with Gasteiger partial charge in [-0.25, -0.2) is 13.1 Å². The van der Waals surface area contributed by atoms with Crippen LogP contribution in [0.15, 0.2) is 90.1 Å². The Labute approximate surface area is 270 Å². The number of ether oxygens (including phenoxy) is 2. The highest BCUT2D eigenvalue weighted by Crippen LogP contribution is 2.39. The maximum absolute atomic E-state index is 14.4. The van der Waals surface area contributed by atoms with Crippen molar-refractivity contribution in [2.24, 2.45) is 0 Å². The molecule has 12 heteroatoms. The fourth-order valence-electron chi connectivity index (χ4n) is 5.70. The van der Waals surface area contributed by atoms with Crippen molar-refractivity contribution in [3.8, 4) is 34.5 Å². The molecule has 1 fully saturated rings. The average molecular weight is 655 g/mol. The number of nitrogens with zero attached hydrogens (tertiary/aromatic N) is 4. The van der Waals surface area contributed by atoms with E-state index in [0.717, 1.165) is 10.6 Å². The van der Waals surface area contributed by atoms with Crippen molar-refractivity contribution in [1.82, 2.24) is 14.7 Å². The van der Waals surface area contributed by atoms with Crippen LogP contribution in [-0.2, 0) is 19.4 Å². The number of aromatic nitrogens is 2. The molecule has 1 atom stereocenters. The lowest BCUT2D eigenvalue weighted by molar-refractivity contribution is -0.142. The van der Waals surface area contributed by atoms with Gasteiger partial charge in [-0.2, -0.15) is 10.4 Å². The fraction of sp³-hybridized carbons (Fsp3) is 0.176. The van der Waals surface area contributed by atoms with Crippen LogP contribution in [0.1, 0.15) is 17.5 Å². The van der Waals surface area contributed by atoms with Crippen molar-refractivity contribution in [1.29, 1.82) is 5.26 Å². The first-order valence-corrected chi connectivity index (χ1v) is 16.4. The lowest BCUT2D eigenvalue weighted by Gasteiger charge is -2.32. The van der Waals surface area contributed by atoms with E-state index in [2.05, 4.69) is 0 Å². The third-order valence-corrected chi connectivity index (χ3v) is 10.00. The Hall–Kier alpha value is -5.18. The second-order valence-electron chi connectivity index (χ2n) is 10.7. The molecule has 1 aromatic heterocycles. The van der Waals surface area contributed by atoms with E-state index in [9.17, 15) is 23.3 Å². The number of hydrogen-bond acceptors (Lipinski definition) is 8. The van der Waals surface area contributed by atoms with Gasteiger partial charge in [-0.3, -0.25) is 14.5 Å². The summed E-state index contributed by atoms with van der Waals surface area (Å²) in [7, 11) is -0.435. The zero-order valence-corrected chi connectivity index (χ0v) is 26.4. The van der Waals surface area contributed by atoms with Gasteiger partial charge in [-0.05, 0) is 60.5 Å². The molecule has 2 aliphatic heterocycles. The number of methoxy groups -OCH3 is 2. The van der Waals surface area contributed by atoms with E-state index in [0.29, 0.717) is 38.9 Å². The predicted octanol–water partition coefficient (Wildman–Crippen LogP) is 5.13. The summed E-state index contributed by atoms with van der Waals surface area (Å²) in [6, 6.07) is 22.3. The average Bonchev–Trinajstić information content (AvgIpc) is 3.65. The van der Waals surface area contributed by atoms with Crippen LogP contribution in [0.4, 0.5) is 0 Å². The van der Waals surface area contributed by atoms with Gasteiger partial charge in [0.05, 0.1) is 48.1 Å². The third kappa shape index (κ3) is 5.69. The van der Waals surface area contributed by atoms with Crippen LogP contribution >= 0.6 is 11.6 Å². The first-order valence-electron chi connectivity index (χ1n) is 14.2. The number of amides is 2. The van der Waals surface area contributed by atoms with Gasteiger partial charge in [0, 0.05) is 22.9 Å². The van der Waals surface area contributed by atoms with Gasteiger partial charge in [-0.15, -0.1) is 0 Å². The maximum atomic E-state index is 14.4. The van der Waals surface area contributed by atoms with E-state index in [4.69, 9.17) is 26.2 Å². The minimum atomic E-state index is -3.46. The van der Waals surface area contributed by atoms with Gasteiger partial charge in [0.2, 0.25) is 0 Å². The number of sulfone groups is 1. The molecule has 2 amide bonds. The standard InChI is InChI=1S/C34H27ClN4O6S/c1-44-26-11-8-21(9-12-26)31-27(33(40)39(34(41)28(31)18-36)25-14-15-46(42,43)20-25)16-23-19-38(24-6-4-3-5-7-24)37-32(23)22-10-13-30(45-2)29(35)17-22/h3-13,16-17,19,25H,14-15,20H2,1-2H3/b27-16-. The van der Waals surface area contributed by atoms with Crippen LogP contribution in [0.2, 0.25) is 5.02 Å². The first-order chi connectivity index (χ1) is 22.1. The molecule has 0 radical (unpaired) electrons. The van der Waals surface area contributed by atoms with Crippen LogP contribution in [0.5, 0.6) is 11.5 Å². The Morgan fingerprint density at radius 1 is 0.978 bits per heavy atom. The summed E-state index contributed by atoms with van der Waals surface area (Å²) in [5.41, 5.74) is 2.67. The highest BCUT2D eigenvalue weighted by atomic mass is 35.5. The Balaban J connectivity index is 1.60. The van der Waals surface area contributed by atoms with E-state index in [1.807, 2.05) is 36.4 Å². The zero-order chi connectivity index (χ0) is 32.6. The van der Waals surface area contributed by atoms with Crippen LogP contribution in [0.3, 0.4) is 0 Å². The molecule has 1 saturated heterocycles. The predicted molar refractivity (Wildman–Crippen MR) is 173 cm³/mol. The van der Waals surface area contributed by atoms with Crippen LogP contribution in [0, 0.1) is 11.3 Å². The van der Waals surface area contributed by atoms with E-state index in [-0.39, 0.29) is 34.6 Å². The molecule has 1 unspecified atom stereocenters. The number of carbonyl (C=O) groups is 2. The molecule has 0 N–H and O–H groups in total. The lowest BCUT2D eigenvalue weighted by Crippen LogP contribution is -2.49. The molecule has 46 heavy (non-hydrogen) atoms. The smallest absolute Gasteiger partial charge is 0.272 e. The molecular formula is C34H27ClN4O6S. The lowest BCUT2D eigenvalue weighted by atomic mass is 9.86. The van der Waals surface area contributed by atoms with E-state index in [1.54, 1.807) is 59.4 Å². The number of benzene rings is 3.